The van der Waals surface area contributed by atoms with E-state index in [0.29, 0.717) is 16.4 Å². The first-order valence-corrected chi connectivity index (χ1v) is 12.2. The largest absolute Gasteiger partial charge is 0.416 e. The fourth-order valence-corrected chi connectivity index (χ4v) is 4.21. The fourth-order valence-electron chi connectivity index (χ4n) is 2.79. The van der Waals surface area contributed by atoms with E-state index in [0.717, 1.165) is 23.3 Å². The van der Waals surface area contributed by atoms with E-state index in [1.54, 1.807) is 24.3 Å². The Morgan fingerprint density at radius 2 is 1.76 bits per heavy atom. The number of hydrogen-bond donors (Lipinski definition) is 3. The first kappa shape index (κ1) is 23.5. The third-order valence-electron chi connectivity index (χ3n) is 4.32. The van der Waals surface area contributed by atoms with Gasteiger partial charge in [0, 0.05) is 28.5 Å². The van der Waals surface area contributed by atoms with Gasteiger partial charge in [0.1, 0.15) is 10.8 Å². The third-order valence-corrected chi connectivity index (χ3v) is 6.09. The molecule has 176 valence electrons. The highest BCUT2D eigenvalue weighted by molar-refractivity contribution is 7.99. The second-order valence-corrected chi connectivity index (χ2v) is 10.0. The van der Waals surface area contributed by atoms with Crippen molar-refractivity contribution in [1.29, 1.82) is 0 Å². The van der Waals surface area contributed by atoms with Gasteiger partial charge in [0.25, 0.3) is 0 Å². The normalized spacial score (nSPS) is 12.0. The van der Waals surface area contributed by atoms with Crippen molar-refractivity contribution in [3.8, 4) is 11.4 Å². The summed E-state index contributed by atoms with van der Waals surface area (Å²) in [4.78, 5) is 12.8. The Balaban J connectivity index is 1.48. The minimum Gasteiger partial charge on any atom is -0.384 e. The molecule has 0 unspecified atom stereocenters. The van der Waals surface area contributed by atoms with Gasteiger partial charge in [-0.05, 0) is 30.3 Å². The van der Waals surface area contributed by atoms with Crippen LogP contribution in [0.3, 0.4) is 0 Å². The third kappa shape index (κ3) is 5.63. The number of sulfone groups is 1. The molecule has 0 amide bonds. The second-order valence-electron chi connectivity index (χ2n) is 7.02. The van der Waals surface area contributed by atoms with Crippen LogP contribution in [0.15, 0.2) is 69.7 Å². The number of nitrogens with zero attached hydrogens (tertiary/aromatic N) is 4. The molecule has 0 saturated heterocycles. The van der Waals surface area contributed by atoms with Gasteiger partial charge in [0.05, 0.1) is 5.56 Å². The van der Waals surface area contributed by atoms with Crippen LogP contribution in [-0.4, -0.2) is 39.8 Å². The van der Waals surface area contributed by atoms with Crippen LogP contribution in [0.4, 0.5) is 30.6 Å². The zero-order valence-corrected chi connectivity index (χ0v) is 19.0. The minimum absolute atomic E-state index is 0.0389. The van der Waals surface area contributed by atoms with Crippen LogP contribution < -0.4 is 11.1 Å². The molecule has 0 fully saturated rings. The van der Waals surface area contributed by atoms with Crippen LogP contribution in [0.1, 0.15) is 5.56 Å². The maximum Gasteiger partial charge on any atom is 0.416 e. The van der Waals surface area contributed by atoms with Gasteiger partial charge in [-0.2, -0.15) is 18.2 Å². The molecule has 0 aliphatic heterocycles. The number of halogens is 3. The van der Waals surface area contributed by atoms with Crippen molar-refractivity contribution in [2.75, 3.05) is 17.3 Å². The molecular formula is C20H16F3N7O2S2. The predicted molar refractivity (Wildman–Crippen MR) is 120 cm³/mol. The van der Waals surface area contributed by atoms with E-state index in [9.17, 15) is 21.6 Å². The molecule has 0 spiro atoms. The average molecular weight is 508 g/mol. The minimum atomic E-state index is -4.45. The number of aromatic amines is 1. The van der Waals surface area contributed by atoms with E-state index >= 15 is 0 Å². The summed E-state index contributed by atoms with van der Waals surface area (Å²) in [5.41, 5.74) is 5.78. The molecule has 0 bridgehead atoms. The Kier molecular flexibility index (Phi) is 6.18. The quantitative estimate of drug-likeness (QED) is 0.259. The van der Waals surface area contributed by atoms with Crippen molar-refractivity contribution >= 4 is 39.1 Å². The molecule has 2 heterocycles. The van der Waals surface area contributed by atoms with E-state index in [1.165, 1.54) is 30.0 Å². The number of H-pyrrole nitrogens is 1. The summed E-state index contributed by atoms with van der Waals surface area (Å²) in [6, 6.07) is 13.2. The van der Waals surface area contributed by atoms with E-state index in [-0.39, 0.29) is 22.6 Å². The number of benzene rings is 2. The van der Waals surface area contributed by atoms with Crippen LogP contribution in [0.2, 0.25) is 0 Å². The molecular weight excluding hydrogens is 491 g/mol. The molecule has 34 heavy (non-hydrogen) atoms. The number of aromatic nitrogens is 5. The number of nitrogen functional groups attached to an aromatic ring is 1. The first-order valence-electron chi connectivity index (χ1n) is 9.47. The number of hydrogen-bond acceptors (Lipinski definition) is 9. The molecule has 14 heteroatoms. The molecule has 9 nitrogen and oxygen atoms in total. The van der Waals surface area contributed by atoms with Gasteiger partial charge in [-0.25, -0.2) is 18.4 Å². The van der Waals surface area contributed by atoms with Crippen molar-refractivity contribution < 1.29 is 21.6 Å². The van der Waals surface area contributed by atoms with E-state index < -0.39 is 21.6 Å². The highest BCUT2D eigenvalue weighted by Gasteiger charge is 2.30. The molecule has 4 aromatic rings. The van der Waals surface area contributed by atoms with Crippen molar-refractivity contribution in [2.45, 2.75) is 21.3 Å². The highest BCUT2D eigenvalue weighted by Crippen LogP contribution is 2.32. The molecule has 0 saturated carbocycles. The summed E-state index contributed by atoms with van der Waals surface area (Å²) in [5.74, 6) is 0.547. The molecule has 2 aromatic carbocycles. The Morgan fingerprint density at radius 1 is 1.03 bits per heavy atom. The topological polar surface area (TPSA) is 140 Å². The van der Waals surface area contributed by atoms with Crippen LogP contribution >= 0.6 is 11.8 Å². The zero-order chi connectivity index (χ0) is 24.5. The molecule has 4 rings (SSSR count). The summed E-state index contributed by atoms with van der Waals surface area (Å²) >= 11 is 1.20. The molecule has 0 aliphatic carbocycles. The number of anilines is 3. The monoisotopic (exact) mass is 507 g/mol. The first-order chi connectivity index (χ1) is 16.0. The molecule has 2 aromatic heterocycles. The molecule has 0 atom stereocenters. The summed E-state index contributed by atoms with van der Waals surface area (Å²) in [6.07, 6.45) is -3.45. The maximum absolute atomic E-state index is 12.9. The number of alkyl halides is 3. The Hall–Kier alpha value is -3.65. The van der Waals surface area contributed by atoms with Crippen molar-refractivity contribution in [1.82, 2.24) is 25.1 Å². The summed E-state index contributed by atoms with van der Waals surface area (Å²) in [6.45, 7) is 0. The molecule has 4 N–H and O–H groups in total. The molecule has 0 radical (unpaired) electrons. The van der Waals surface area contributed by atoms with E-state index in [2.05, 4.69) is 30.5 Å². The van der Waals surface area contributed by atoms with Gasteiger partial charge in [0.2, 0.25) is 20.9 Å². The Morgan fingerprint density at radius 3 is 2.44 bits per heavy atom. The standard InChI is InChI=1S/C20H16F3N7O2S2/c1-34(31,32)19-26-15(24)10-16(27-19)33-14-7-5-11(6-8-14)17-28-18(30-29-17)25-13-4-2-3-12(9-13)20(21,22)23/h2-10H,1H3,(H2,24,26,27)(H2,25,28,29,30). The van der Waals surface area contributed by atoms with Crippen LogP contribution in [-0.2, 0) is 16.0 Å². The van der Waals surface area contributed by atoms with Gasteiger partial charge in [-0.1, -0.05) is 30.0 Å². The van der Waals surface area contributed by atoms with Gasteiger partial charge in [0.15, 0.2) is 5.82 Å². The fraction of sp³-hybridized carbons (Fsp3) is 0.100. The van der Waals surface area contributed by atoms with Crippen LogP contribution in [0.25, 0.3) is 11.4 Å². The molecule has 0 aliphatic rings. The van der Waals surface area contributed by atoms with Crippen molar-refractivity contribution in [3.05, 3.63) is 60.2 Å². The zero-order valence-electron chi connectivity index (χ0n) is 17.3. The van der Waals surface area contributed by atoms with Crippen molar-refractivity contribution in [2.24, 2.45) is 0 Å². The van der Waals surface area contributed by atoms with Crippen LogP contribution in [0.5, 0.6) is 0 Å². The summed E-state index contributed by atoms with van der Waals surface area (Å²) in [5, 5.41) is 9.48. The van der Waals surface area contributed by atoms with Crippen LogP contribution in [0, 0.1) is 0 Å². The predicted octanol–water partition coefficient (Wildman–Crippen LogP) is 4.16. The van der Waals surface area contributed by atoms with Gasteiger partial charge >= 0.3 is 6.18 Å². The summed E-state index contributed by atoms with van der Waals surface area (Å²) in [7, 11) is -3.61. The Bertz CT molecular complexity index is 1440. The SMILES string of the molecule is CS(=O)(=O)c1nc(N)cc(Sc2ccc(-c3nc(Nc4cccc(C(F)(F)F)c4)n[nH]3)cc2)n1. The lowest BCUT2D eigenvalue weighted by Crippen LogP contribution is -2.06. The Labute approximate surface area is 196 Å². The van der Waals surface area contributed by atoms with Gasteiger partial charge in [-0.3, -0.25) is 5.10 Å². The number of rotatable bonds is 6. The van der Waals surface area contributed by atoms with E-state index in [4.69, 9.17) is 5.73 Å². The second kappa shape index (κ2) is 8.95. The highest BCUT2D eigenvalue weighted by atomic mass is 32.2. The van der Waals surface area contributed by atoms with E-state index in [1.807, 2.05) is 0 Å². The lowest BCUT2D eigenvalue weighted by molar-refractivity contribution is -0.137. The van der Waals surface area contributed by atoms with Gasteiger partial charge in [-0.15, -0.1) is 5.10 Å². The lowest BCUT2D eigenvalue weighted by Gasteiger charge is -2.08. The average Bonchev–Trinajstić information content (AvgIpc) is 3.21. The summed E-state index contributed by atoms with van der Waals surface area (Å²) < 4.78 is 62.1. The maximum atomic E-state index is 12.9. The number of nitrogens with one attached hydrogen (secondary N) is 2. The smallest absolute Gasteiger partial charge is 0.384 e. The van der Waals surface area contributed by atoms with Gasteiger partial charge < -0.3 is 11.1 Å². The number of nitrogens with two attached hydrogens (primary N) is 1. The van der Waals surface area contributed by atoms with Crippen molar-refractivity contribution in [3.63, 3.8) is 0 Å². The lowest BCUT2D eigenvalue weighted by atomic mass is 10.2.